The van der Waals surface area contributed by atoms with Crippen molar-refractivity contribution in [3.63, 3.8) is 0 Å². The largest absolute Gasteiger partial charge is 0.342 e. The van der Waals surface area contributed by atoms with Gasteiger partial charge in [-0.05, 0) is 19.9 Å². The summed E-state index contributed by atoms with van der Waals surface area (Å²) in [5.74, 6) is 1.42. The number of halogens is 1. The van der Waals surface area contributed by atoms with E-state index in [-0.39, 0.29) is 5.91 Å². The Morgan fingerprint density at radius 3 is 2.80 bits per heavy atom. The number of alkyl halides is 1. The molecule has 0 atom stereocenters. The van der Waals surface area contributed by atoms with Crippen molar-refractivity contribution in [1.29, 1.82) is 0 Å². The Bertz CT molecular complexity index is 592. The first-order valence-corrected chi connectivity index (χ1v) is 7.37. The third-order valence-corrected chi connectivity index (χ3v) is 3.55. The molecule has 20 heavy (non-hydrogen) atoms. The number of nitrogens with zero attached hydrogens (tertiary/aromatic N) is 4. The Morgan fingerprint density at radius 1 is 1.40 bits per heavy atom. The highest BCUT2D eigenvalue weighted by Gasteiger charge is 2.16. The minimum atomic E-state index is 0.0990. The monoisotopic (exact) mass is 294 g/mol. The van der Waals surface area contributed by atoms with Crippen LogP contribution in [-0.4, -0.2) is 44.3 Å². The molecule has 0 aromatic carbocycles. The van der Waals surface area contributed by atoms with E-state index in [0.717, 1.165) is 16.9 Å². The van der Waals surface area contributed by atoms with Gasteiger partial charge in [0.1, 0.15) is 17.9 Å². The highest BCUT2D eigenvalue weighted by atomic mass is 35.5. The molecule has 5 nitrogen and oxygen atoms in total. The van der Waals surface area contributed by atoms with Crippen molar-refractivity contribution in [2.75, 3.05) is 19.0 Å². The summed E-state index contributed by atoms with van der Waals surface area (Å²) in [6, 6.07) is 1.88. The van der Waals surface area contributed by atoms with Crippen molar-refractivity contribution < 1.29 is 4.79 Å². The maximum Gasteiger partial charge on any atom is 0.242 e. The molecule has 2 rings (SSSR count). The van der Waals surface area contributed by atoms with Crippen LogP contribution in [0.5, 0.6) is 0 Å². The standard InChI is InChI=1S/C14H19ClN4O/c1-3-18(4-2)14(20)10-19-12-6-8-16-9-11(12)17-13(19)5-7-15/h6,8-9H,3-5,7,10H2,1-2H3. The number of likely N-dealkylation sites (N-methyl/N-ethyl adjacent to an activating group) is 1. The Kier molecular flexibility index (Phi) is 4.95. The third kappa shape index (κ3) is 2.93. The molecule has 1 amide bonds. The zero-order valence-electron chi connectivity index (χ0n) is 11.8. The number of aryl methyl sites for hydroxylation is 1. The molecule has 0 aliphatic carbocycles. The highest BCUT2D eigenvalue weighted by Crippen LogP contribution is 2.16. The Hall–Kier alpha value is -1.62. The molecule has 0 saturated heterocycles. The molecule has 0 fully saturated rings. The maximum atomic E-state index is 12.3. The van der Waals surface area contributed by atoms with Crippen molar-refractivity contribution in [3.8, 4) is 0 Å². The molecule has 0 unspecified atom stereocenters. The van der Waals surface area contributed by atoms with Gasteiger partial charge in [0.25, 0.3) is 0 Å². The van der Waals surface area contributed by atoms with E-state index in [0.29, 0.717) is 31.9 Å². The first-order chi connectivity index (χ1) is 9.71. The molecular formula is C14H19ClN4O. The van der Waals surface area contributed by atoms with Gasteiger partial charge < -0.3 is 9.47 Å². The van der Waals surface area contributed by atoms with Crippen LogP contribution < -0.4 is 0 Å². The van der Waals surface area contributed by atoms with Gasteiger partial charge in [0.05, 0.1) is 11.7 Å². The summed E-state index contributed by atoms with van der Waals surface area (Å²) in [6.07, 6.45) is 4.07. The van der Waals surface area contributed by atoms with Crippen LogP contribution >= 0.6 is 11.6 Å². The molecule has 0 spiro atoms. The predicted octanol–water partition coefficient (Wildman–Crippen LogP) is 2.08. The molecule has 2 aromatic rings. The molecule has 0 bridgehead atoms. The second kappa shape index (κ2) is 6.70. The van der Waals surface area contributed by atoms with Crippen LogP contribution in [0.4, 0.5) is 0 Å². The van der Waals surface area contributed by atoms with Gasteiger partial charge in [-0.2, -0.15) is 0 Å². The fraction of sp³-hybridized carbons (Fsp3) is 0.500. The van der Waals surface area contributed by atoms with Crippen LogP contribution in [0.15, 0.2) is 18.5 Å². The zero-order chi connectivity index (χ0) is 14.5. The lowest BCUT2D eigenvalue weighted by Gasteiger charge is -2.19. The van der Waals surface area contributed by atoms with E-state index < -0.39 is 0 Å². The van der Waals surface area contributed by atoms with E-state index >= 15 is 0 Å². The number of hydrogen-bond acceptors (Lipinski definition) is 3. The molecule has 108 valence electrons. The van der Waals surface area contributed by atoms with E-state index in [1.54, 1.807) is 12.4 Å². The van der Waals surface area contributed by atoms with Crippen molar-refractivity contribution >= 4 is 28.5 Å². The number of aromatic nitrogens is 3. The van der Waals surface area contributed by atoms with E-state index in [1.165, 1.54) is 0 Å². The summed E-state index contributed by atoms with van der Waals surface area (Å²) < 4.78 is 1.94. The molecule has 0 aliphatic rings. The summed E-state index contributed by atoms with van der Waals surface area (Å²) in [6.45, 7) is 5.70. The summed E-state index contributed by atoms with van der Waals surface area (Å²) in [5.41, 5.74) is 1.74. The number of rotatable bonds is 6. The topological polar surface area (TPSA) is 51.0 Å². The zero-order valence-corrected chi connectivity index (χ0v) is 12.6. The lowest BCUT2D eigenvalue weighted by atomic mass is 10.3. The molecule has 0 saturated carbocycles. The smallest absolute Gasteiger partial charge is 0.242 e. The van der Waals surface area contributed by atoms with E-state index in [9.17, 15) is 4.79 Å². The van der Waals surface area contributed by atoms with Gasteiger partial charge in [0, 0.05) is 31.6 Å². The predicted molar refractivity (Wildman–Crippen MR) is 79.9 cm³/mol. The van der Waals surface area contributed by atoms with Gasteiger partial charge in [-0.3, -0.25) is 9.78 Å². The normalized spacial score (nSPS) is 10.9. The second-order valence-corrected chi connectivity index (χ2v) is 4.86. The number of imidazole rings is 1. The van der Waals surface area contributed by atoms with Crippen molar-refractivity contribution in [2.45, 2.75) is 26.8 Å². The van der Waals surface area contributed by atoms with Gasteiger partial charge in [-0.1, -0.05) is 0 Å². The maximum absolute atomic E-state index is 12.3. The van der Waals surface area contributed by atoms with Gasteiger partial charge in [-0.25, -0.2) is 4.98 Å². The van der Waals surface area contributed by atoms with Crippen LogP contribution in [-0.2, 0) is 17.8 Å². The van der Waals surface area contributed by atoms with Crippen molar-refractivity contribution in [3.05, 3.63) is 24.3 Å². The highest BCUT2D eigenvalue weighted by molar-refractivity contribution is 6.17. The molecule has 0 aliphatic heterocycles. The fourth-order valence-electron chi connectivity index (χ4n) is 2.29. The second-order valence-electron chi connectivity index (χ2n) is 4.48. The average molecular weight is 295 g/mol. The number of hydrogen-bond donors (Lipinski definition) is 0. The van der Waals surface area contributed by atoms with Crippen molar-refractivity contribution in [2.24, 2.45) is 0 Å². The van der Waals surface area contributed by atoms with Crippen LogP contribution in [0.3, 0.4) is 0 Å². The van der Waals surface area contributed by atoms with Gasteiger partial charge in [0.2, 0.25) is 5.91 Å². The minimum absolute atomic E-state index is 0.0990. The fourth-order valence-corrected chi connectivity index (χ4v) is 2.46. The van der Waals surface area contributed by atoms with Crippen molar-refractivity contribution in [1.82, 2.24) is 19.4 Å². The number of fused-ring (bicyclic) bond motifs is 1. The first-order valence-electron chi connectivity index (χ1n) is 6.84. The van der Waals surface area contributed by atoms with E-state index in [1.807, 2.05) is 29.4 Å². The molecule has 6 heteroatoms. The van der Waals surface area contributed by atoms with Gasteiger partial charge in [-0.15, -0.1) is 11.6 Å². The molecule has 2 heterocycles. The summed E-state index contributed by atoms with van der Waals surface area (Å²) in [4.78, 5) is 22.7. The van der Waals surface area contributed by atoms with Crippen LogP contribution in [0.2, 0.25) is 0 Å². The lowest BCUT2D eigenvalue weighted by molar-refractivity contribution is -0.131. The number of amides is 1. The SMILES string of the molecule is CCN(CC)C(=O)Cn1c(CCCl)nc2cnccc21. The Labute approximate surface area is 123 Å². The summed E-state index contributed by atoms with van der Waals surface area (Å²) >= 11 is 5.82. The average Bonchev–Trinajstić information content (AvgIpc) is 2.79. The Morgan fingerprint density at radius 2 is 2.15 bits per heavy atom. The lowest BCUT2D eigenvalue weighted by Crippen LogP contribution is -2.33. The number of carbonyl (C=O) groups is 1. The van der Waals surface area contributed by atoms with E-state index in [4.69, 9.17) is 11.6 Å². The molecule has 0 radical (unpaired) electrons. The Balaban J connectivity index is 2.36. The number of carbonyl (C=O) groups excluding carboxylic acids is 1. The molecule has 2 aromatic heterocycles. The number of pyridine rings is 1. The third-order valence-electron chi connectivity index (χ3n) is 3.36. The van der Waals surface area contributed by atoms with E-state index in [2.05, 4.69) is 9.97 Å². The summed E-state index contributed by atoms with van der Waals surface area (Å²) in [5, 5.41) is 0. The van der Waals surface area contributed by atoms with Crippen LogP contribution in [0.1, 0.15) is 19.7 Å². The van der Waals surface area contributed by atoms with Crippen LogP contribution in [0, 0.1) is 0 Å². The quantitative estimate of drug-likeness (QED) is 0.767. The van der Waals surface area contributed by atoms with Crippen LogP contribution in [0.25, 0.3) is 11.0 Å². The van der Waals surface area contributed by atoms with Gasteiger partial charge >= 0.3 is 0 Å². The first kappa shape index (κ1) is 14.8. The summed E-state index contributed by atoms with van der Waals surface area (Å²) in [7, 11) is 0. The molecular weight excluding hydrogens is 276 g/mol. The minimum Gasteiger partial charge on any atom is -0.342 e. The molecule has 0 N–H and O–H groups in total. The van der Waals surface area contributed by atoms with Gasteiger partial charge in [0.15, 0.2) is 0 Å².